The van der Waals surface area contributed by atoms with E-state index in [1.165, 1.54) is 0 Å². The van der Waals surface area contributed by atoms with Crippen LogP contribution in [-0.4, -0.2) is 18.4 Å². The van der Waals surface area contributed by atoms with Crippen LogP contribution in [0.4, 0.5) is 0 Å². The molecule has 0 aliphatic heterocycles. The highest BCUT2D eigenvalue weighted by atomic mass is 16.2. The predicted octanol–water partition coefficient (Wildman–Crippen LogP) is 2.53. The Morgan fingerprint density at radius 3 is 2.22 bits per heavy atom. The van der Waals surface area contributed by atoms with Gasteiger partial charge in [-0.05, 0) is 29.5 Å². The summed E-state index contributed by atoms with van der Waals surface area (Å²) in [4.78, 5) is 23.7. The summed E-state index contributed by atoms with van der Waals surface area (Å²) in [5.74, 6) is -1.04. The summed E-state index contributed by atoms with van der Waals surface area (Å²) in [7, 11) is 0. The molecule has 0 aromatic heterocycles. The van der Waals surface area contributed by atoms with Crippen molar-refractivity contribution in [1.82, 2.24) is 10.6 Å². The normalized spacial score (nSPS) is 11.6. The van der Waals surface area contributed by atoms with Crippen LogP contribution in [-0.2, 0) is 16.1 Å². The van der Waals surface area contributed by atoms with Crippen molar-refractivity contribution in [3.63, 3.8) is 0 Å². The Bertz CT molecular complexity index is 668. The first-order valence-corrected chi connectivity index (χ1v) is 7.73. The Kier molecular flexibility index (Phi) is 5.92. The van der Waals surface area contributed by atoms with Gasteiger partial charge in [-0.25, -0.2) is 0 Å². The summed E-state index contributed by atoms with van der Waals surface area (Å²) >= 11 is 0. The van der Waals surface area contributed by atoms with Crippen molar-refractivity contribution in [2.24, 2.45) is 0 Å². The highest BCUT2D eigenvalue weighted by molar-refractivity contribution is 6.35. The zero-order valence-corrected chi connectivity index (χ0v) is 13.5. The lowest BCUT2D eigenvalue weighted by Crippen LogP contribution is -2.40. The molecule has 0 aliphatic carbocycles. The van der Waals surface area contributed by atoms with E-state index in [0.29, 0.717) is 13.1 Å². The maximum atomic E-state index is 11.9. The van der Waals surface area contributed by atoms with Crippen molar-refractivity contribution < 1.29 is 9.59 Å². The maximum absolute atomic E-state index is 11.9. The molecule has 0 saturated carbocycles. The molecular weight excluding hydrogens is 288 g/mol. The molecule has 120 valence electrons. The minimum Gasteiger partial charge on any atom is -0.347 e. The second-order valence-electron chi connectivity index (χ2n) is 5.63. The van der Waals surface area contributed by atoms with Gasteiger partial charge in [0.2, 0.25) is 0 Å². The van der Waals surface area contributed by atoms with E-state index in [9.17, 15) is 9.59 Å². The molecule has 0 unspecified atom stereocenters. The van der Waals surface area contributed by atoms with Gasteiger partial charge in [-0.15, -0.1) is 0 Å². The van der Waals surface area contributed by atoms with Crippen LogP contribution in [0.5, 0.6) is 0 Å². The van der Waals surface area contributed by atoms with Crippen molar-refractivity contribution in [3.05, 3.63) is 71.3 Å². The standard InChI is InChI=1S/C19H22N2O2/c1-14-8-6-7-11-17(14)13-21-19(23)18(22)20-12-15(2)16-9-4-3-5-10-16/h3-11,15H,12-13H2,1-2H3,(H,20,22)(H,21,23)/t15-/m0/s1. The van der Waals surface area contributed by atoms with Gasteiger partial charge >= 0.3 is 11.8 Å². The highest BCUT2D eigenvalue weighted by Crippen LogP contribution is 2.12. The molecule has 4 nitrogen and oxygen atoms in total. The van der Waals surface area contributed by atoms with Crippen LogP contribution in [0.3, 0.4) is 0 Å². The SMILES string of the molecule is Cc1ccccc1CNC(=O)C(=O)NC[C@H](C)c1ccccc1. The van der Waals surface area contributed by atoms with E-state index in [4.69, 9.17) is 0 Å². The van der Waals surface area contributed by atoms with Crippen molar-refractivity contribution in [2.45, 2.75) is 26.3 Å². The minimum atomic E-state index is -0.603. The van der Waals surface area contributed by atoms with Gasteiger partial charge in [0.05, 0.1) is 0 Å². The van der Waals surface area contributed by atoms with E-state index in [0.717, 1.165) is 16.7 Å². The van der Waals surface area contributed by atoms with Gasteiger partial charge in [0.1, 0.15) is 0 Å². The number of rotatable bonds is 5. The van der Waals surface area contributed by atoms with E-state index < -0.39 is 11.8 Å². The van der Waals surface area contributed by atoms with Gasteiger partial charge in [-0.2, -0.15) is 0 Å². The number of hydrogen-bond donors (Lipinski definition) is 2. The molecule has 2 N–H and O–H groups in total. The number of nitrogens with one attached hydrogen (secondary N) is 2. The van der Waals surface area contributed by atoms with Crippen LogP contribution in [0.25, 0.3) is 0 Å². The van der Waals surface area contributed by atoms with Crippen molar-refractivity contribution in [1.29, 1.82) is 0 Å². The summed E-state index contributed by atoms with van der Waals surface area (Å²) < 4.78 is 0. The summed E-state index contributed by atoms with van der Waals surface area (Å²) in [5.41, 5.74) is 3.23. The fraction of sp³-hybridized carbons (Fsp3) is 0.263. The van der Waals surface area contributed by atoms with Crippen LogP contribution in [0.1, 0.15) is 29.5 Å². The van der Waals surface area contributed by atoms with Gasteiger partial charge in [0, 0.05) is 13.1 Å². The van der Waals surface area contributed by atoms with Crippen molar-refractivity contribution in [3.8, 4) is 0 Å². The molecule has 2 rings (SSSR count). The van der Waals surface area contributed by atoms with Crippen LogP contribution in [0, 0.1) is 6.92 Å². The van der Waals surface area contributed by atoms with E-state index in [-0.39, 0.29) is 5.92 Å². The van der Waals surface area contributed by atoms with Crippen LogP contribution < -0.4 is 10.6 Å². The van der Waals surface area contributed by atoms with Crippen LogP contribution in [0.2, 0.25) is 0 Å². The fourth-order valence-corrected chi connectivity index (χ4v) is 2.29. The fourth-order valence-electron chi connectivity index (χ4n) is 2.29. The third-order valence-corrected chi connectivity index (χ3v) is 3.84. The first-order chi connectivity index (χ1) is 11.1. The minimum absolute atomic E-state index is 0.157. The van der Waals surface area contributed by atoms with E-state index >= 15 is 0 Å². The molecular formula is C19H22N2O2. The molecule has 1 atom stereocenters. The Balaban J connectivity index is 1.79. The van der Waals surface area contributed by atoms with Crippen LogP contribution >= 0.6 is 0 Å². The highest BCUT2D eigenvalue weighted by Gasteiger charge is 2.14. The Morgan fingerprint density at radius 2 is 1.52 bits per heavy atom. The lowest BCUT2D eigenvalue weighted by atomic mass is 10.0. The number of hydrogen-bond acceptors (Lipinski definition) is 2. The lowest BCUT2D eigenvalue weighted by Gasteiger charge is -2.13. The smallest absolute Gasteiger partial charge is 0.309 e. The van der Waals surface area contributed by atoms with Gasteiger partial charge < -0.3 is 10.6 Å². The summed E-state index contributed by atoms with van der Waals surface area (Å²) in [6.45, 7) is 4.78. The van der Waals surface area contributed by atoms with E-state index in [2.05, 4.69) is 10.6 Å². The second-order valence-corrected chi connectivity index (χ2v) is 5.63. The van der Waals surface area contributed by atoms with Gasteiger partial charge in [0.25, 0.3) is 0 Å². The molecule has 2 aromatic rings. The molecule has 0 spiro atoms. The molecule has 2 aromatic carbocycles. The molecule has 23 heavy (non-hydrogen) atoms. The van der Waals surface area contributed by atoms with Crippen molar-refractivity contribution >= 4 is 11.8 Å². The van der Waals surface area contributed by atoms with E-state index in [1.807, 2.05) is 68.4 Å². The summed E-state index contributed by atoms with van der Waals surface area (Å²) in [5, 5.41) is 5.33. The third-order valence-electron chi connectivity index (χ3n) is 3.84. The van der Waals surface area contributed by atoms with Gasteiger partial charge in [-0.3, -0.25) is 9.59 Å². The third kappa shape index (κ3) is 4.95. The molecule has 0 radical (unpaired) electrons. The molecule has 0 bridgehead atoms. The monoisotopic (exact) mass is 310 g/mol. The Morgan fingerprint density at radius 1 is 0.913 bits per heavy atom. The quantitative estimate of drug-likeness (QED) is 0.834. The number of carbonyl (C=O) groups is 2. The average Bonchev–Trinajstić information content (AvgIpc) is 2.59. The molecule has 2 amide bonds. The molecule has 0 heterocycles. The Hall–Kier alpha value is -2.62. The first kappa shape index (κ1) is 16.7. The topological polar surface area (TPSA) is 58.2 Å². The largest absolute Gasteiger partial charge is 0.347 e. The number of carbonyl (C=O) groups excluding carboxylic acids is 2. The first-order valence-electron chi connectivity index (χ1n) is 7.73. The number of aryl methyl sites for hydroxylation is 1. The zero-order chi connectivity index (χ0) is 16.7. The molecule has 4 heteroatoms. The molecule has 0 aliphatic rings. The molecule has 0 saturated heterocycles. The number of amides is 2. The average molecular weight is 310 g/mol. The lowest BCUT2D eigenvalue weighted by molar-refractivity contribution is -0.139. The van der Waals surface area contributed by atoms with Gasteiger partial charge in [-0.1, -0.05) is 61.5 Å². The Labute approximate surface area is 136 Å². The number of benzene rings is 2. The zero-order valence-electron chi connectivity index (χ0n) is 13.5. The maximum Gasteiger partial charge on any atom is 0.309 e. The van der Waals surface area contributed by atoms with Crippen molar-refractivity contribution in [2.75, 3.05) is 6.54 Å². The van der Waals surface area contributed by atoms with E-state index in [1.54, 1.807) is 0 Å². The summed E-state index contributed by atoms with van der Waals surface area (Å²) in [6.07, 6.45) is 0. The summed E-state index contributed by atoms with van der Waals surface area (Å²) in [6, 6.07) is 17.7. The predicted molar refractivity (Wildman–Crippen MR) is 90.9 cm³/mol. The van der Waals surface area contributed by atoms with Gasteiger partial charge in [0.15, 0.2) is 0 Å². The van der Waals surface area contributed by atoms with Crippen LogP contribution in [0.15, 0.2) is 54.6 Å². The molecule has 0 fully saturated rings. The second kappa shape index (κ2) is 8.13.